The van der Waals surface area contributed by atoms with E-state index in [9.17, 15) is 14.0 Å². The summed E-state index contributed by atoms with van der Waals surface area (Å²) >= 11 is 0. The van der Waals surface area contributed by atoms with E-state index in [-0.39, 0.29) is 19.4 Å². The number of amides is 1. The molecular formula is C10H14FNO4. The molecule has 1 aliphatic heterocycles. The average molecular weight is 231 g/mol. The van der Waals surface area contributed by atoms with Crippen LogP contribution in [0, 0.1) is 0 Å². The molecule has 1 amide bonds. The number of hydrogen-bond donors (Lipinski definition) is 2. The smallest absolute Gasteiger partial charge is 0.408 e. The molecule has 2 N–H and O–H groups in total. The van der Waals surface area contributed by atoms with Crippen molar-refractivity contribution in [2.24, 2.45) is 0 Å². The number of alkyl halides is 1. The van der Waals surface area contributed by atoms with Gasteiger partial charge in [-0.3, -0.25) is 4.90 Å². The number of allylic oxidation sites excluding steroid dienone is 1. The zero-order chi connectivity index (χ0) is 12.3. The Kier molecular flexibility index (Phi) is 3.51. The van der Waals surface area contributed by atoms with Crippen molar-refractivity contribution in [2.45, 2.75) is 31.0 Å². The minimum Gasteiger partial charge on any atom is -0.479 e. The van der Waals surface area contributed by atoms with Crippen LogP contribution in [0.3, 0.4) is 0 Å². The van der Waals surface area contributed by atoms with E-state index >= 15 is 0 Å². The summed E-state index contributed by atoms with van der Waals surface area (Å²) in [6.07, 6.45) is -1.22. The van der Waals surface area contributed by atoms with Crippen LogP contribution in [0.2, 0.25) is 0 Å². The summed E-state index contributed by atoms with van der Waals surface area (Å²) < 4.78 is 13.2. The Morgan fingerprint density at radius 2 is 2.19 bits per heavy atom. The Hall–Kier alpha value is -1.59. The van der Waals surface area contributed by atoms with E-state index in [2.05, 4.69) is 6.58 Å². The molecule has 0 radical (unpaired) electrons. The van der Waals surface area contributed by atoms with Crippen molar-refractivity contribution >= 4 is 12.1 Å². The van der Waals surface area contributed by atoms with Crippen molar-refractivity contribution in [3.8, 4) is 0 Å². The number of carboxylic acids is 1. The van der Waals surface area contributed by atoms with Crippen LogP contribution >= 0.6 is 0 Å². The van der Waals surface area contributed by atoms with Gasteiger partial charge in [0, 0.05) is 6.42 Å². The SMILES string of the molecule is C=CCCC1(C(=O)O)CC(F)CN1C(=O)O. The van der Waals surface area contributed by atoms with Gasteiger partial charge in [-0.15, -0.1) is 6.58 Å². The fraction of sp³-hybridized carbons (Fsp3) is 0.600. The molecule has 90 valence electrons. The van der Waals surface area contributed by atoms with Crippen molar-refractivity contribution in [1.29, 1.82) is 0 Å². The second-order valence-electron chi connectivity index (χ2n) is 3.86. The van der Waals surface area contributed by atoms with Crippen molar-refractivity contribution in [2.75, 3.05) is 6.54 Å². The maximum atomic E-state index is 13.2. The molecule has 16 heavy (non-hydrogen) atoms. The van der Waals surface area contributed by atoms with Crippen LogP contribution in [-0.2, 0) is 4.79 Å². The van der Waals surface area contributed by atoms with Crippen molar-refractivity contribution < 1.29 is 24.2 Å². The molecule has 0 bridgehead atoms. The second kappa shape index (κ2) is 4.51. The largest absolute Gasteiger partial charge is 0.479 e. The summed E-state index contributed by atoms with van der Waals surface area (Å²) in [5.41, 5.74) is -1.64. The third kappa shape index (κ3) is 2.00. The van der Waals surface area contributed by atoms with Crippen molar-refractivity contribution in [3.05, 3.63) is 12.7 Å². The number of hydrogen-bond acceptors (Lipinski definition) is 2. The van der Waals surface area contributed by atoms with Crippen LogP contribution in [0.15, 0.2) is 12.7 Å². The molecule has 0 spiro atoms. The number of aliphatic carboxylic acids is 1. The number of likely N-dealkylation sites (tertiary alicyclic amines) is 1. The predicted octanol–water partition coefficient (Wildman–Crippen LogP) is 1.50. The molecule has 5 nitrogen and oxygen atoms in total. The second-order valence-corrected chi connectivity index (χ2v) is 3.86. The first-order chi connectivity index (χ1) is 7.44. The monoisotopic (exact) mass is 231 g/mol. The number of halogens is 1. The van der Waals surface area contributed by atoms with E-state index in [0.717, 1.165) is 0 Å². The molecule has 0 aliphatic carbocycles. The summed E-state index contributed by atoms with van der Waals surface area (Å²) in [5, 5.41) is 18.0. The highest BCUT2D eigenvalue weighted by Crippen LogP contribution is 2.35. The Morgan fingerprint density at radius 3 is 2.62 bits per heavy atom. The highest BCUT2D eigenvalue weighted by atomic mass is 19.1. The lowest BCUT2D eigenvalue weighted by atomic mass is 9.90. The first kappa shape index (κ1) is 12.5. The number of rotatable bonds is 4. The minimum atomic E-state index is -1.64. The Morgan fingerprint density at radius 1 is 1.56 bits per heavy atom. The van der Waals surface area contributed by atoms with E-state index < -0.39 is 23.8 Å². The molecule has 0 aromatic rings. The lowest BCUT2D eigenvalue weighted by Gasteiger charge is -2.31. The van der Waals surface area contributed by atoms with E-state index in [1.807, 2.05) is 0 Å². The van der Waals surface area contributed by atoms with E-state index in [0.29, 0.717) is 11.3 Å². The summed E-state index contributed by atoms with van der Waals surface area (Å²) in [6, 6.07) is 0. The Bertz CT molecular complexity index is 320. The summed E-state index contributed by atoms with van der Waals surface area (Å²) in [5.74, 6) is -1.29. The highest BCUT2D eigenvalue weighted by Gasteiger charge is 2.53. The maximum Gasteiger partial charge on any atom is 0.408 e. The molecule has 6 heteroatoms. The molecule has 1 heterocycles. The normalized spacial score (nSPS) is 29.1. The fourth-order valence-corrected chi connectivity index (χ4v) is 2.06. The standard InChI is InChI=1S/C10H14FNO4/c1-2-3-4-10(8(13)14)5-7(11)6-12(10)9(15)16/h2,7H,1,3-6H2,(H,13,14)(H,15,16). The molecule has 0 saturated carbocycles. The number of carboxylic acid groups (broad SMARTS) is 2. The van der Waals surface area contributed by atoms with Crippen molar-refractivity contribution in [1.82, 2.24) is 4.90 Å². The Balaban J connectivity index is 3.01. The summed E-state index contributed by atoms with van der Waals surface area (Å²) in [7, 11) is 0. The number of carbonyl (C=O) groups is 2. The summed E-state index contributed by atoms with van der Waals surface area (Å²) in [4.78, 5) is 22.8. The van der Waals surface area contributed by atoms with Gasteiger partial charge in [0.25, 0.3) is 0 Å². The van der Waals surface area contributed by atoms with Gasteiger partial charge >= 0.3 is 12.1 Å². The van der Waals surface area contributed by atoms with Gasteiger partial charge in [-0.05, 0) is 12.8 Å². The van der Waals surface area contributed by atoms with Crippen molar-refractivity contribution in [3.63, 3.8) is 0 Å². The van der Waals surface area contributed by atoms with E-state index in [4.69, 9.17) is 10.2 Å². The van der Waals surface area contributed by atoms with Gasteiger partial charge < -0.3 is 10.2 Å². The van der Waals surface area contributed by atoms with Gasteiger partial charge in [-0.1, -0.05) is 6.08 Å². The molecule has 1 aliphatic rings. The third-order valence-electron chi connectivity index (χ3n) is 2.85. The van der Waals surface area contributed by atoms with Gasteiger partial charge in [-0.2, -0.15) is 0 Å². The summed E-state index contributed by atoms with van der Waals surface area (Å²) in [6.45, 7) is 3.07. The van der Waals surface area contributed by atoms with Gasteiger partial charge in [0.1, 0.15) is 11.7 Å². The molecule has 2 unspecified atom stereocenters. The molecular weight excluding hydrogens is 217 g/mol. The van der Waals surface area contributed by atoms with Crippen LogP contribution < -0.4 is 0 Å². The van der Waals surface area contributed by atoms with Crippen LogP contribution in [0.4, 0.5) is 9.18 Å². The number of nitrogens with zero attached hydrogens (tertiary/aromatic N) is 1. The van der Waals surface area contributed by atoms with Crippen LogP contribution in [0.1, 0.15) is 19.3 Å². The quantitative estimate of drug-likeness (QED) is 0.719. The van der Waals surface area contributed by atoms with Crippen LogP contribution in [0.5, 0.6) is 0 Å². The van der Waals surface area contributed by atoms with E-state index in [1.165, 1.54) is 6.08 Å². The van der Waals surface area contributed by atoms with Gasteiger partial charge in [0.2, 0.25) is 0 Å². The predicted molar refractivity (Wildman–Crippen MR) is 54.0 cm³/mol. The molecule has 0 aromatic heterocycles. The first-order valence-corrected chi connectivity index (χ1v) is 4.93. The molecule has 1 rings (SSSR count). The van der Waals surface area contributed by atoms with Crippen LogP contribution in [-0.4, -0.2) is 45.4 Å². The van der Waals surface area contributed by atoms with Crippen LogP contribution in [0.25, 0.3) is 0 Å². The molecule has 1 saturated heterocycles. The maximum absolute atomic E-state index is 13.2. The Labute approximate surface area is 92.2 Å². The average Bonchev–Trinajstić information content (AvgIpc) is 2.54. The highest BCUT2D eigenvalue weighted by molar-refractivity contribution is 5.84. The third-order valence-corrected chi connectivity index (χ3v) is 2.85. The fourth-order valence-electron chi connectivity index (χ4n) is 2.06. The first-order valence-electron chi connectivity index (χ1n) is 4.93. The van der Waals surface area contributed by atoms with E-state index in [1.54, 1.807) is 0 Å². The lowest BCUT2D eigenvalue weighted by molar-refractivity contribution is -0.149. The zero-order valence-electron chi connectivity index (χ0n) is 8.73. The minimum absolute atomic E-state index is 0.0541. The lowest BCUT2D eigenvalue weighted by Crippen LogP contribution is -2.52. The molecule has 1 fully saturated rings. The molecule has 2 atom stereocenters. The van der Waals surface area contributed by atoms with Gasteiger partial charge in [-0.25, -0.2) is 14.0 Å². The van der Waals surface area contributed by atoms with Gasteiger partial charge in [0.05, 0.1) is 6.54 Å². The van der Waals surface area contributed by atoms with Gasteiger partial charge in [0.15, 0.2) is 0 Å². The topological polar surface area (TPSA) is 77.8 Å². The zero-order valence-corrected chi connectivity index (χ0v) is 8.73. The molecule has 0 aromatic carbocycles.